The van der Waals surface area contributed by atoms with E-state index in [1.807, 2.05) is 0 Å². The molecule has 0 atom stereocenters. The lowest BCUT2D eigenvalue weighted by Crippen LogP contribution is -2.40. The van der Waals surface area contributed by atoms with E-state index in [0.29, 0.717) is 21.9 Å². The van der Waals surface area contributed by atoms with E-state index in [-0.39, 0.29) is 25.4 Å². The summed E-state index contributed by atoms with van der Waals surface area (Å²) in [5.74, 6) is -1.46. The van der Waals surface area contributed by atoms with Gasteiger partial charge >= 0.3 is 12.1 Å². The number of nitrogens with one attached hydrogen (secondary N) is 1. The summed E-state index contributed by atoms with van der Waals surface area (Å²) in [6, 6.07) is 13.5. The van der Waals surface area contributed by atoms with Crippen LogP contribution >= 0.6 is 0 Å². The summed E-state index contributed by atoms with van der Waals surface area (Å²) in [4.78, 5) is 24.4. The second-order valence-electron chi connectivity index (χ2n) is 6.09. The van der Waals surface area contributed by atoms with Gasteiger partial charge in [-0.05, 0) is 42.3 Å². The van der Waals surface area contributed by atoms with Gasteiger partial charge in [-0.15, -0.1) is 0 Å². The molecule has 0 heterocycles. The van der Waals surface area contributed by atoms with Crippen molar-refractivity contribution in [2.75, 3.05) is 19.0 Å². The van der Waals surface area contributed by atoms with Crippen molar-refractivity contribution >= 4 is 17.5 Å². The zero-order valence-corrected chi connectivity index (χ0v) is 15.5. The summed E-state index contributed by atoms with van der Waals surface area (Å²) in [5.41, 5.74) is 1.73. The van der Waals surface area contributed by atoms with E-state index in [4.69, 9.17) is 4.74 Å². The van der Waals surface area contributed by atoms with Crippen molar-refractivity contribution < 1.29 is 27.5 Å². The number of carbonyl (C=O) groups is 2. The molecule has 2 aromatic carbocycles. The number of hydrogen-bond donors (Lipinski definition) is 1. The second-order valence-corrected chi connectivity index (χ2v) is 6.09. The minimum Gasteiger partial charge on any atom is -0.497 e. The summed E-state index contributed by atoms with van der Waals surface area (Å²) in [5, 5.41) is 2.71. The number of ether oxygens (including phenoxy) is 1. The standard InChI is InChI=1S/C20H21F3N2O3/c1-3-25(19(27)20(21,22)23)13-15-5-4-6-16(11-15)24-18(26)12-14-7-9-17(28-2)10-8-14/h4-11H,3,12-13H2,1-2H3,(H,24,26). The number of alkyl halides is 3. The molecule has 2 aromatic rings. The van der Waals surface area contributed by atoms with Gasteiger partial charge < -0.3 is 15.0 Å². The van der Waals surface area contributed by atoms with Gasteiger partial charge in [0, 0.05) is 18.8 Å². The predicted molar refractivity (Wildman–Crippen MR) is 98.9 cm³/mol. The van der Waals surface area contributed by atoms with E-state index in [2.05, 4.69) is 5.32 Å². The van der Waals surface area contributed by atoms with E-state index in [1.54, 1.807) is 55.6 Å². The Kier molecular flexibility index (Phi) is 7.03. The number of amides is 2. The van der Waals surface area contributed by atoms with Crippen LogP contribution in [0.15, 0.2) is 48.5 Å². The van der Waals surface area contributed by atoms with Crippen LogP contribution in [0, 0.1) is 0 Å². The molecule has 150 valence electrons. The van der Waals surface area contributed by atoms with Crippen LogP contribution in [0.25, 0.3) is 0 Å². The van der Waals surface area contributed by atoms with Crippen molar-refractivity contribution in [2.45, 2.75) is 26.1 Å². The molecule has 0 saturated carbocycles. The fourth-order valence-corrected chi connectivity index (χ4v) is 2.61. The Morgan fingerprint density at radius 2 is 1.75 bits per heavy atom. The first-order chi connectivity index (χ1) is 13.2. The average molecular weight is 394 g/mol. The topological polar surface area (TPSA) is 58.6 Å². The lowest BCUT2D eigenvalue weighted by molar-refractivity contribution is -0.185. The number of halogens is 3. The van der Waals surface area contributed by atoms with Crippen LogP contribution in [0.2, 0.25) is 0 Å². The van der Waals surface area contributed by atoms with Gasteiger partial charge in [-0.1, -0.05) is 24.3 Å². The number of rotatable bonds is 7. The van der Waals surface area contributed by atoms with Crippen LogP contribution in [0.4, 0.5) is 18.9 Å². The van der Waals surface area contributed by atoms with Crippen molar-refractivity contribution in [3.8, 4) is 5.75 Å². The smallest absolute Gasteiger partial charge is 0.471 e. The van der Waals surface area contributed by atoms with Crippen LogP contribution in [0.5, 0.6) is 5.75 Å². The third-order valence-electron chi connectivity index (χ3n) is 4.02. The maximum absolute atomic E-state index is 12.6. The van der Waals surface area contributed by atoms with Crippen molar-refractivity contribution in [1.29, 1.82) is 0 Å². The van der Waals surface area contributed by atoms with Crippen molar-refractivity contribution in [2.24, 2.45) is 0 Å². The van der Waals surface area contributed by atoms with Crippen LogP contribution in [0.3, 0.4) is 0 Å². The van der Waals surface area contributed by atoms with Crippen LogP contribution in [0.1, 0.15) is 18.1 Å². The molecule has 2 amide bonds. The van der Waals surface area contributed by atoms with Gasteiger partial charge in [0.05, 0.1) is 13.5 Å². The number of benzene rings is 2. The summed E-state index contributed by atoms with van der Waals surface area (Å²) in [6.45, 7) is 1.20. The first-order valence-corrected chi connectivity index (χ1v) is 8.60. The monoisotopic (exact) mass is 394 g/mol. The first-order valence-electron chi connectivity index (χ1n) is 8.60. The molecule has 0 aliphatic rings. The minimum absolute atomic E-state index is 0.0770. The Hall–Kier alpha value is -3.03. The van der Waals surface area contributed by atoms with Gasteiger partial charge in [0.15, 0.2) is 0 Å². The molecule has 2 rings (SSSR count). The van der Waals surface area contributed by atoms with Crippen LogP contribution in [-0.2, 0) is 22.6 Å². The zero-order valence-electron chi connectivity index (χ0n) is 15.5. The Bertz CT molecular complexity index is 820. The van der Waals surface area contributed by atoms with E-state index >= 15 is 0 Å². The maximum Gasteiger partial charge on any atom is 0.471 e. The molecule has 28 heavy (non-hydrogen) atoms. The number of hydrogen-bond acceptors (Lipinski definition) is 3. The largest absolute Gasteiger partial charge is 0.497 e. The summed E-state index contributed by atoms with van der Waals surface area (Å²) in [6.07, 6.45) is -4.78. The van der Waals surface area contributed by atoms with Crippen molar-refractivity contribution in [3.05, 3.63) is 59.7 Å². The third-order valence-corrected chi connectivity index (χ3v) is 4.02. The van der Waals surface area contributed by atoms with E-state index in [0.717, 1.165) is 5.56 Å². The molecular formula is C20H21F3N2O3. The molecular weight excluding hydrogens is 373 g/mol. The molecule has 0 aliphatic carbocycles. The molecule has 0 aromatic heterocycles. The SMILES string of the molecule is CCN(Cc1cccc(NC(=O)Cc2ccc(OC)cc2)c1)C(=O)C(F)(F)F. The van der Waals surface area contributed by atoms with E-state index < -0.39 is 12.1 Å². The average Bonchev–Trinajstić information content (AvgIpc) is 2.65. The van der Waals surface area contributed by atoms with Crippen molar-refractivity contribution in [3.63, 3.8) is 0 Å². The lowest BCUT2D eigenvalue weighted by atomic mass is 10.1. The fourth-order valence-electron chi connectivity index (χ4n) is 2.61. The first kappa shape index (κ1) is 21.3. The maximum atomic E-state index is 12.6. The molecule has 1 N–H and O–H groups in total. The normalized spacial score (nSPS) is 11.0. The molecule has 0 bridgehead atoms. The van der Waals surface area contributed by atoms with E-state index in [1.165, 1.54) is 6.92 Å². The van der Waals surface area contributed by atoms with Gasteiger partial charge in [0.25, 0.3) is 0 Å². The van der Waals surface area contributed by atoms with Gasteiger partial charge in [0.1, 0.15) is 5.75 Å². The summed E-state index contributed by atoms with van der Waals surface area (Å²) < 4.78 is 43.0. The molecule has 0 fully saturated rings. The highest BCUT2D eigenvalue weighted by Gasteiger charge is 2.41. The summed E-state index contributed by atoms with van der Waals surface area (Å²) in [7, 11) is 1.55. The molecule has 0 radical (unpaired) electrons. The molecule has 0 aliphatic heterocycles. The Balaban J connectivity index is 2.01. The lowest BCUT2D eigenvalue weighted by Gasteiger charge is -2.22. The van der Waals surface area contributed by atoms with Gasteiger partial charge in [-0.25, -0.2) is 0 Å². The number of anilines is 1. The van der Waals surface area contributed by atoms with E-state index in [9.17, 15) is 22.8 Å². The molecule has 8 heteroatoms. The summed E-state index contributed by atoms with van der Waals surface area (Å²) >= 11 is 0. The number of carbonyl (C=O) groups excluding carboxylic acids is 2. The number of nitrogens with zero attached hydrogens (tertiary/aromatic N) is 1. The zero-order chi connectivity index (χ0) is 20.7. The number of methoxy groups -OCH3 is 1. The molecule has 0 unspecified atom stereocenters. The fraction of sp³-hybridized carbons (Fsp3) is 0.300. The van der Waals surface area contributed by atoms with Crippen LogP contribution < -0.4 is 10.1 Å². The molecule has 0 spiro atoms. The second kappa shape index (κ2) is 9.25. The quantitative estimate of drug-likeness (QED) is 0.778. The Labute approximate surface area is 161 Å². The van der Waals surface area contributed by atoms with Crippen LogP contribution in [-0.4, -0.2) is 36.5 Å². The van der Waals surface area contributed by atoms with Gasteiger partial charge in [0.2, 0.25) is 5.91 Å². The third kappa shape index (κ3) is 6.00. The Morgan fingerprint density at radius 1 is 1.07 bits per heavy atom. The highest BCUT2D eigenvalue weighted by Crippen LogP contribution is 2.21. The van der Waals surface area contributed by atoms with Gasteiger partial charge in [-0.2, -0.15) is 13.2 Å². The van der Waals surface area contributed by atoms with Gasteiger partial charge in [-0.3, -0.25) is 9.59 Å². The predicted octanol–water partition coefficient (Wildman–Crippen LogP) is 3.79. The molecule has 0 saturated heterocycles. The van der Waals surface area contributed by atoms with Crippen molar-refractivity contribution in [1.82, 2.24) is 4.90 Å². The Morgan fingerprint density at radius 3 is 2.32 bits per heavy atom. The molecule has 5 nitrogen and oxygen atoms in total. The highest BCUT2D eigenvalue weighted by molar-refractivity contribution is 5.92. The minimum atomic E-state index is -4.92. The highest BCUT2D eigenvalue weighted by atomic mass is 19.4.